The largest absolute Gasteiger partial charge is 0.493 e. The Morgan fingerprint density at radius 3 is 2.44 bits per heavy atom. The summed E-state index contributed by atoms with van der Waals surface area (Å²) in [6, 6.07) is 3.66. The number of ketones is 1. The predicted molar refractivity (Wildman–Crippen MR) is 101 cm³/mol. The Morgan fingerprint density at radius 1 is 1.24 bits per heavy atom. The van der Waals surface area contributed by atoms with Crippen molar-refractivity contribution in [1.29, 1.82) is 0 Å². The Hall–Kier alpha value is -1.93. The van der Waals surface area contributed by atoms with Crippen molar-refractivity contribution in [2.45, 2.75) is 26.7 Å². The van der Waals surface area contributed by atoms with Crippen molar-refractivity contribution >= 4 is 44.1 Å². The number of thiazole rings is 1. The van der Waals surface area contributed by atoms with Crippen LogP contribution in [0.25, 0.3) is 0 Å². The zero-order chi connectivity index (χ0) is 18.6. The van der Waals surface area contributed by atoms with Gasteiger partial charge in [-0.3, -0.25) is 9.59 Å². The van der Waals surface area contributed by atoms with Gasteiger partial charge in [0.05, 0.1) is 24.8 Å². The van der Waals surface area contributed by atoms with Crippen LogP contribution in [0.4, 0.5) is 5.13 Å². The van der Waals surface area contributed by atoms with Crippen molar-refractivity contribution in [3.63, 3.8) is 0 Å². The second-order valence-corrected chi connectivity index (χ2v) is 7.19. The number of hydrogen-bond acceptors (Lipinski definition) is 6. The Balaban J connectivity index is 2.03. The fourth-order valence-corrected chi connectivity index (χ4v) is 3.69. The molecule has 0 aliphatic rings. The maximum Gasteiger partial charge on any atom is 0.226 e. The molecule has 2 aromatic rings. The molecule has 0 unspecified atom stereocenters. The highest BCUT2D eigenvalue weighted by molar-refractivity contribution is 9.10. The van der Waals surface area contributed by atoms with Gasteiger partial charge in [0.25, 0.3) is 0 Å². The topological polar surface area (TPSA) is 77.5 Å². The Kier molecular flexibility index (Phi) is 6.55. The van der Waals surface area contributed by atoms with Crippen molar-refractivity contribution < 1.29 is 19.1 Å². The summed E-state index contributed by atoms with van der Waals surface area (Å²) in [6.45, 7) is 3.24. The monoisotopic (exact) mass is 426 g/mol. The van der Waals surface area contributed by atoms with Gasteiger partial charge >= 0.3 is 0 Å². The first-order chi connectivity index (χ1) is 11.8. The van der Waals surface area contributed by atoms with Crippen molar-refractivity contribution in [2.24, 2.45) is 0 Å². The number of carbonyl (C=O) groups is 2. The van der Waals surface area contributed by atoms with Crippen LogP contribution in [-0.4, -0.2) is 30.9 Å². The zero-order valence-corrected chi connectivity index (χ0v) is 16.8. The Labute approximate surface area is 158 Å². The molecule has 6 nitrogen and oxygen atoms in total. The molecule has 0 saturated heterocycles. The molecule has 0 aliphatic heterocycles. The number of aromatic nitrogens is 1. The number of Topliss-reactive ketones (excluding diaryl/α,β-unsaturated/α-hetero) is 1. The van der Waals surface area contributed by atoms with Gasteiger partial charge < -0.3 is 14.8 Å². The zero-order valence-electron chi connectivity index (χ0n) is 14.4. The lowest BCUT2D eigenvalue weighted by molar-refractivity contribution is -0.116. The lowest BCUT2D eigenvalue weighted by Crippen LogP contribution is -2.12. The number of ether oxygens (including phenoxy) is 2. The molecule has 0 spiro atoms. The van der Waals surface area contributed by atoms with Crippen LogP contribution in [0.3, 0.4) is 0 Å². The second-order valence-electron chi connectivity index (χ2n) is 5.34. The molecule has 0 fully saturated rings. The molecule has 0 bridgehead atoms. The molecule has 1 aromatic carbocycles. The van der Waals surface area contributed by atoms with Gasteiger partial charge in [-0.1, -0.05) is 27.3 Å². The van der Waals surface area contributed by atoms with Crippen molar-refractivity contribution in [3.8, 4) is 11.5 Å². The van der Waals surface area contributed by atoms with E-state index in [1.54, 1.807) is 21.1 Å². The van der Waals surface area contributed by atoms with Gasteiger partial charge in [0.2, 0.25) is 5.91 Å². The number of nitrogens with zero attached hydrogens (tertiary/aromatic N) is 1. The van der Waals surface area contributed by atoms with Gasteiger partial charge in [-0.25, -0.2) is 4.98 Å². The summed E-state index contributed by atoms with van der Waals surface area (Å²) in [7, 11) is 3.14. The fourth-order valence-electron chi connectivity index (χ4n) is 2.29. The molecule has 0 radical (unpaired) electrons. The molecule has 0 atom stereocenters. The number of hydrogen-bond donors (Lipinski definition) is 1. The van der Waals surface area contributed by atoms with Crippen molar-refractivity contribution in [3.05, 3.63) is 32.7 Å². The molecular weight excluding hydrogens is 408 g/mol. The van der Waals surface area contributed by atoms with E-state index in [0.717, 1.165) is 10.0 Å². The van der Waals surface area contributed by atoms with E-state index in [-0.39, 0.29) is 18.1 Å². The van der Waals surface area contributed by atoms with Crippen LogP contribution in [0.15, 0.2) is 16.6 Å². The fraction of sp³-hybridized carbons (Fsp3) is 0.353. The van der Waals surface area contributed by atoms with E-state index >= 15 is 0 Å². The summed E-state index contributed by atoms with van der Waals surface area (Å²) < 4.78 is 11.4. The first kappa shape index (κ1) is 19.4. The molecule has 8 heteroatoms. The molecule has 25 heavy (non-hydrogen) atoms. The standard InChI is InChI=1S/C17H19BrN2O4S/c1-9-16(10(2)21)25-17(19-9)20-15(22)6-5-11-7-13(23-3)14(24-4)8-12(11)18/h7-8H,5-6H2,1-4H3,(H,19,20,22). The number of aryl methyl sites for hydroxylation is 2. The van der Waals surface area contributed by atoms with Gasteiger partial charge in [0, 0.05) is 17.8 Å². The number of amides is 1. The summed E-state index contributed by atoms with van der Waals surface area (Å²) in [5.41, 5.74) is 1.57. The third-order valence-electron chi connectivity index (χ3n) is 3.54. The van der Waals surface area contributed by atoms with E-state index in [0.29, 0.717) is 33.6 Å². The van der Waals surface area contributed by atoms with E-state index in [4.69, 9.17) is 9.47 Å². The van der Waals surface area contributed by atoms with Crippen LogP contribution in [0.5, 0.6) is 11.5 Å². The summed E-state index contributed by atoms with van der Waals surface area (Å²) >= 11 is 4.68. The quantitative estimate of drug-likeness (QED) is 0.676. The molecule has 1 amide bonds. The lowest BCUT2D eigenvalue weighted by atomic mass is 10.1. The van der Waals surface area contributed by atoms with E-state index in [2.05, 4.69) is 26.2 Å². The summed E-state index contributed by atoms with van der Waals surface area (Å²) in [4.78, 5) is 28.4. The molecule has 1 N–H and O–H groups in total. The summed E-state index contributed by atoms with van der Waals surface area (Å²) in [5, 5.41) is 3.19. The van der Waals surface area contributed by atoms with Crippen molar-refractivity contribution in [1.82, 2.24) is 4.98 Å². The number of halogens is 1. The van der Waals surface area contributed by atoms with Gasteiger partial charge in [-0.15, -0.1) is 0 Å². The lowest BCUT2D eigenvalue weighted by Gasteiger charge is -2.11. The highest BCUT2D eigenvalue weighted by Crippen LogP contribution is 2.34. The second kappa shape index (κ2) is 8.44. The van der Waals surface area contributed by atoms with Crippen LogP contribution < -0.4 is 14.8 Å². The molecule has 0 saturated carbocycles. The predicted octanol–water partition coefficient (Wildman–Crippen LogP) is 4.01. The van der Waals surface area contributed by atoms with Gasteiger partial charge in [-0.2, -0.15) is 0 Å². The first-order valence-electron chi connectivity index (χ1n) is 7.54. The molecule has 2 rings (SSSR count). The average molecular weight is 427 g/mol. The first-order valence-corrected chi connectivity index (χ1v) is 9.15. The minimum absolute atomic E-state index is 0.0512. The molecule has 1 heterocycles. The van der Waals surface area contributed by atoms with Crippen molar-refractivity contribution in [2.75, 3.05) is 19.5 Å². The van der Waals surface area contributed by atoms with E-state index < -0.39 is 0 Å². The summed E-state index contributed by atoms with van der Waals surface area (Å²) in [5.74, 6) is 1.02. The highest BCUT2D eigenvalue weighted by atomic mass is 79.9. The Bertz CT molecular complexity index is 804. The smallest absolute Gasteiger partial charge is 0.226 e. The third-order valence-corrected chi connectivity index (χ3v) is 5.45. The van der Waals surface area contributed by atoms with Gasteiger partial charge in [-0.05, 0) is 31.0 Å². The maximum absolute atomic E-state index is 12.2. The van der Waals surface area contributed by atoms with E-state index in [1.807, 2.05) is 12.1 Å². The van der Waals surface area contributed by atoms with E-state index in [9.17, 15) is 9.59 Å². The van der Waals surface area contributed by atoms with Crippen LogP contribution >= 0.6 is 27.3 Å². The molecule has 134 valence electrons. The molecular formula is C17H19BrN2O4S. The molecule has 0 aliphatic carbocycles. The van der Waals surface area contributed by atoms with Crippen LogP contribution in [0, 0.1) is 6.92 Å². The van der Waals surface area contributed by atoms with Crippen LogP contribution in [-0.2, 0) is 11.2 Å². The number of carbonyl (C=O) groups excluding carboxylic acids is 2. The van der Waals surface area contributed by atoms with Gasteiger partial charge in [0.15, 0.2) is 22.4 Å². The SMILES string of the molecule is COc1cc(Br)c(CCC(=O)Nc2nc(C)c(C(C)=O)s2)cc1OC. The third kappa shape index (κ3) is 4.79. The maximum atomic E-state index is 12.2. The van der Waals surface area contributed by atoms with E-state index in [1.165, 1.54) is 18.3 Å². The Morgan fingerprint density at radius 2 is 1.88 bits per heavy atom. The summed E-state index contributed by atoms with van der Waals surface area (Å²) in [6.07, 6.45) is 0.804. The number of benzene rings is 1. The minimum atomic E-state index is -0.162. The highest BCUT2D eigenvalue weighted by Gasteiger charge is 2.15. The normalized spacial score (nSPS) is 10.4. The van der Waals surface area contributed by atoms with Crippen LogP contribution in [0.1, 0.15) is 34.3 Å². The average Bonchev–Trinajstić information content (AvgIpc) is 2.93. The van der Waals surface area contributed by atoms with Gasteiger partial charge in [0.1, 0.15) is 0 Å². The minimum Gasteiger partial charge on any atom is -0.493 e. The number of nitrogens with one attached hydrogen (secondary N) is 1. The number of rotatable bonds is 7. The number of methoxy groups -OCH3 is 2. The molecule has 1 aromatic heterocycles. The number of anilines is 1. The van der Waals surface area contributed by atoms with Crippen LogP contribution in [0.2, 0.25) is 0 Å².